The molecule has 2 N–H and O–H groups in total. The summed E-state index contributed by atoms with van der Waals surface area (Å²) in [6.07, 6.45) is 1.68. The largest absolute Gasteiger partial charge is 0.383 e. The van der Waals surface area contributed by atoms with E-state index in [9.17, 15) is 4.79 Å². The molecule has 68 valence electrons. The molecule has 2 rings (SSSR count). The van der Waals surface area contributed by atoms with Gasteiger partial charge in [-0.1, -0.05) is 18.2 Å². The highest BCUT2D eigenvalue weighted by Crippen LogP contribution is 2.20. The number of hydrogen-bond donors (Lipinski definition) is 2. The normalized spacial score (nSPS) is 19.8. The van der Waals surface area contributed by atoms with Gasteiger partial charge in [-0.2, -0.15) is 0 Å². The first kappa shape index (κ1) is 8.10. The average Bonchev–Trinajstić information content (AvgIpc) is 2.18. The van der Waals surface area contributed by atoms with E-state index >= 15 is 0 Å². The summed E-state index contributed by atoms with van der Waals surface area (Å²) in [6.45, 7) is 0.815. The zero-order chi connectivity index (χ0) is 9.10. The molecule has 1 atom stereocenters. The van der Waals surface area contributed by atoms with Crippen LogP contribution in [0.15, 0.2) is 24.3 Å². The molecule has 1 heterocycles. The van der Waals surface area contributed by atoms with Gasteiger partial charge in [0.2, 0.25) is 6.41 Å². The highest BCUT2D eigenvalue weighted by atomic mass is 16.1. The fourth-order valence-electron chi connectivity index (χ4n) is 1.66. The third-order valence-corrected chi connectivity index (χ3v) is 2.33. The number of amides is 1. The van der Waals surface area contributed by atoms with E-state index in [2.05, 4.69) is 22.8 Å². The quantitative estimate of drug-likeness (QED) is 0.653. The van der Waals surface area contributed by atoms with Gasteiger partial charge in [0.15, 0.2) is 0 Å². The molecule has 1 aliphatic rings. The van der Waals surface area contributed by atoms with E-state index in [1.54, 1.807) is 0 Å². The number of anilines is 1. The minimum absolute atomic E-state index is 0.229. The molecular formula is C10H12N2O. The molecule has 3 nitrogen and oxygen atoms in total. The summed E-state index contributed by atoms with van der Waals surface area (Å²) >= 11 is 0. The Hall–Kier alpha value is -1.51. The molecule has 0 spiro atoms. The lowest BCUT2D eigenvalue weighted by Gasteiger charge is -2.25. The molecule has 1 unspecified atom stereocenters. The summed E-state index contributed by atoms with van der Waals surface area (Å²) < 4.78 is 0. The summed E-state index contributed by atoms with van der Waals surface area (Å²) in [6, 6.07) is 8.41. The molecule has 0 aromatic heterocycles. The van der Waals surface area contributed by atoms with E-state index in [1.165, 1.54) is 11.3 Å². The van der Waals surface area contributed by atoms with E-state index in [0.717, 1.165) is 19.4 Å². The maximum atomic E-state index is 10.2. The number of nitrogens with one attached hydrogen (secondary N) is 2. The van der Waals surface area contributed by atoms with Gasteiger partial charge in [-0.3, -0.25) is 4.79 Å². The maximum Gasteiger partial charge on any atom is 0.207 e. The zero-order valence-corrected chi connectivity index (χ0v) is 7.29. The highest BCUT2D eigenvalue weighted by Gasteiger charge is 2.15. The standard InChI is InChI=1S/C10H12N2O/c13-7-12-9-5-8-3-1-2-4-10(8)11-6-9/h1-4,7,9,11H,5-6H2,(H,12,13). The average molecular weight is 176 g/mol. The van der Waals surface area contributed by atoms with Crippen molar-refractivity contribution in [2.45, 2.75) is 12.5 Å². The van der Waals surface area contributed by atoms with Crippen LogP contribution in [0.5, 0.6) is 0 Å². The van der Waals surface area contributed by atoms with Crippen LogP contribution in [-0.2, 0) is 11.2 Å². The molecule has 0 bridgehead atoms. The Balaban J connectivity index is 2.15. The van der Waals surface area contributed by atoms with Crippen LogP contribution in [0.2, 0.25) is 0 Å². The van der Waals surface area contributed by atoms with E-state index < -0.39 is 0 Å². The van der Waals surface area contributed by atoms with Crippen molar-refractivity contribution in [3.63, 3.8) is 0 Å². The second-order valence-corrected chi connectivity index (χ2v) is 3.22. The van der Waals surface area contributed by atoms with Crippen LogP contribution in [0.25, 0.3) is 0 Å². The van der Waals surface area contributed by atoms with Gasteiger partial charge < -0.3 is 10.6 Å². The second kappa shape index (κ2) is 3.47. The van der Waals surface area contributed by atoms with Crippen molar-refractivity contribution in [2.75, 3.05) is 11.9 Å². The number of fused-ring (bicyclic) bond motifs is 1. The molecule has 0 fully saturated rings. The van der Waals surface area contributed by atoms with Crippen molar-refractivity contribution in [1.29, 1.82) is 0 Å². The van der Waals surface area contributed by atoms with Crippen LogP contribution in [0.3, 0.4) is 0 Å². The topological polar surface area (TPSA) is 41.1 Å². The van der Waals surface area contributed by atoms with Crippen LogP contribution >= 0.6 is 0 Å². The van der Waals surface area contributed by atoms with Crippen molar-refractivity contribution in [3.8, 4) is 0 Å². The van der Waals surface area contributed by atoms with Gasteiger partial charge in [0.25, 0.3) is 0 Å². The number of rotatable bonds is 2. The Morgan fingerprint density at radius 3 is 3.15 bits per heavy atom. The van der Waals surface area contributed by atoms with Crippen LogP contribution in [0, 0.1) is 0 Å². The van der Waals surface area contributed by atoms with Crippen molar-refractivity contribution < 1.29 is 4.79 Å². The van der Waals surface area contributed by atoms with Crippen molar-refractivity contribution >= 4 is 12.1 Å². The predicted octanol–water partition coefficient (Wildman–Crippen LogP) is 0.769. The summed E-state index contributed by atoms with van der Waals surface area (Å²) in [5.74, 6) is 0. The Labute approximate surface area is 77.1 Å². The molecule has 0 aliphatic carbocycles. The Morgan fingerprint density at radius 1 is 1.46 bits per heavy atom. The predicted molar refractivity (Wildman–Crippen MR) is 51.6 cm³/mol. The summed E-state index contributed by atoms with van der Waals surface area (Å²) in [7, 11) is 0. The fraction of sp³-hybridized carbons (Fsp3) is 0.300. The van der Waals surface area contributed by atoms with Crippen molar-refractivity contribution in [3.05, 3.63) is 29.8 Å². The van der Waals surface area contributed by atoms with E-state index in [0.29, 0.717) is 0 Å². The van der Waals surface area contributed by atoms with E-state index in [4.69, 9.17) is 0 Å². The zero-order valence-electron chi connectivity index (χ0n) is 7.29. The minimum atomic E-state index is 0.229. The van der Waals surface area contributed by atoms with Crippen molar-refractivity contribution in [2.24, 2.45) is 0 Å². The minimum Gasteiger partial charge on any atom is -0.383 e. The molecule has 1 amide bonds. The van der Waals surface area contributed by atoms with Gasteiger partial charge in [0, 0.05) is 18.3 Å². The smallest absolute Gasteiger partial charge is 0.207 e. The van der Waals surface area contributed by atoms with Crippen molar-refractivity contribution in [1.82, 2.24) is 5.32 Å². The number of benzene rings is 1. The first-order valence-corrected chi connectivity index (χ1v) is 4.41. The molecule has 1 aromatic carbocycles. The van der Waals surface area contributed by atoms with Gasteiger partial charge in [0.05, 0.1) is 0 Å². The molecule has 3 heteroatoms. The van der Waals surface area contributed by atoms with Crippen LogP contribution in [0.1, 0.15) is 5.56 Å². The Morgan fingerprint density at radius 2 is 2.31 bits per heavy atom. The van der Waals surface area contributed by atoms with Gasteiger partial charge >= 0.3 is 0 Å². The number of carbonyl (C=O) groups excluding carboxylic acids is 1. The molecule has 1 aliphatic heterocycles. The first-order chi connectivity index (χ1) is 6.40. The number of hydrogen-bond acceptors (Lipinski definition) is 2. The van der Waals surface area contributed by atoms with Gasteiger partial charge in [0.1, 0.15) is 0 Å². The molecule has 0 saturated heterocycles. The molecule has 0 saturated carbocycles. The summed E-state index contributed by atoms with van der Waals surface area (Å²) in [5.41, 5.74) is 2.46. The SMILES string of the molecule is O=CNC1CNc2ccccc2C1. The third kappa shape index (κ3) is 1.64. The monoisotopic (exact) mass is 176 g/mol. The lowest BCUT2D eigenvalue weighted by molar-refractivity contribution is -0.110. The summed E-state index contributed by atoms with van der Waals surface area (Å²) in [5, 5.41) is 6.06. The van der Waals surface area contributed by atoms with Gasteiger partial charge in [-0.15, -0.1) is 0 Å². The van der Waals surface area contributed by atoms with Gasteiger partial charge in [-0.25, -0.2) is 0 Å². The summed E-state index contributed by atoms with van der Waals surface area (Å²) in [4.78, 5) is 10.2. The third-order valence-electron chi connectivity index (χ3n) is 2.33. The molecule has 1 aromatic rings. The van der Waals surface area contributed by atoms with Gasteiger partial charge in [-0.05, 0) is 18.1 Å². The van der Waals surface area contributed by atoms with Crippen LogP contribution in [-0.4, -0.2) is 19.0 Å². The maximum absolute atomic E-state index is 10.2. The van der Waals surface area contributed by atoms with E-state index in [-0.39, 0.29) is 6.04 Å². The first-order valence-electron chi connectivity index (χ1n) is 4.41. The number of carbonyl (C=O) groups is 1. The second-order valence-electron chi connectivity index (χ2n) is 3.22. The lowest BCUT2D eigenvalue weighted by atomic mass is 10.00. The Kier molecular flexibility index (Phi) is 2.17. The van der Waals surface area contributed by atoms with Crippen LogP contribution in [0.4, 0.5) is 5.69 Å². The lowest BCUT2D eigenvalue weighted by Crippen LogP contribution is -2.39. The van der Waals surface area contributed by atoms with E-state index in [1.807, 2.05) is 12.1 Å². The fourth-order valence-corrected chi connectivity index (χ4v) is 1.66. The molecule has 0 radical (unpaired) electrons. The molecule has 13 heavy (non-hydrogen) atoms. The Bertz CT molecular complexity index is 312. The highest BCUT2D eigenvalue weighted by molar-refractivity contribution is 5.55. The van der Waals surface area contributed by atoms with Crippen LogP contribution < -0.4 is 10.6 Å². The number of para-hydroxylation sites is 1. The molecular weight excluding hydrogens is 164 g/mol.